The highest BCUT2D eigenvalue weighted by molar-refractivity contribution is 6.08. The summed E-state index contributed by atoms with van der Waals surface area (Å²) in [5.41, 5.74) is 10.8. The smallest absolute Gasteiger partial charge is 0.135 e. The van der Waals surface area contributed by atoms with Crippen molar-refractivity contribution in [3.05, 3.63) is 95.6 Å². The van der Waals surface area contributed by atoms with Crippen molar-refractivity contribution in [2.45, 2.75) is 20.8 Å². The minimum Gasteiger partial charge on any atom is -0.456 e. The number of aryl methyl sites for hydroxylation is 3. The van der Waals surface area contributed by atoms with Crippen LogP contribution < -0.4 is 0 Å². The zero-order chi connectivity index (χ0) is 19.3. The van der Waals surface area contributed by atoms with E-state index in [0.717, 1.165) is 11.2 Å². The summed E-state index contributed by atoms with van der Waals surface area (Å²) in [6.07, 6.45) is 0. The van der Waals surface area contributed by atoms with Gasteiger partial charge >= 0.3 is 0 Å². The zero-order valence-electron chi connectivity index (χ0n) is 16.4. The second-order valence-electron chi connectivity index (χ2n) is 7.61. The van der Waals surface area contributed by atoms with E-state index in [4.69, 9.17) is 4.42 Å². The maximum atomic E-state index is 6.05. The monoisotopic (exact) mass is 362 g/mol. The Bertz CT molecular complexity index is 1340. The maximum Gasteiger partial charge on any atom is 0.135 e. The van der Waals surface area contributed by atoms with Crippen molar-refractivity contribution < 1.29 is 4.42 Å². The van der Waals surface area contributed by atoms with Gasteiger partial charge in [0.1, 0.15) is 11.2 Å². The summed E-state index contributed by atoms with van der Waals surface area (Å²) in [6, 6.07) is 28.1. The first-order chi connectivity index (χ1) is 13.6. The lowest BCUT2D eigenvalue weighted by atomic mass is 9.92. The van der Waals surface area contributed by atoms with Gasteiger partial charge in [-0.15, -0.1) is 0 Å². The molecule has 0 saturated heterocycles. The van der Waals surface area contributed by atoms with E-state index < -0.39 is 0 Å². The quantitative estimate of drug-likeness (QED) is 0.312. The van der Waals surface area contributed by atoms with E-state index in [0.29, 0.717) is 0 Å². The number of benzene rings is 4. The Morgan fingerprint density at radius 1 is 0.536 bits per heavy atom. The van der Waals surface area contributed by atoms with Gasteiger partial charge in [0.15, 0.2) is 0 Å². The van der Waals surface area contributed by atoms with E-state index in [-0.39, 0.29) is 0 Å². The van der Waals surface area contributed by atoms with Gasteiger partial charge in [0, 0.05) is 10.8 Å². The summed E-state index contributed by atoms with van der Waals surface area (Å²) in [5.74, 6) is 0. The van der Waals surface area contributed by atoms with Crippen molar-refractivity contribution in [3.63, 3.8) is 0 Å². The Kier molecular flexibility index (Phi) is 3.84. The van der Waals surface area contributed by atoms with Crippen LogP contribution in [0.4, 0.5) is 0 Å². The molecule has 0 amide bonds. The normalized spacial score (nSPS) is 11.4. The highest BCUT2D eigenvalue weighted by atomic mass is 16.3. The van der Waals surface area contributed by atoms with Crippen molar-refractivity contribution in [2.24, 2.45) is 0 Å². The van der Waals surface area contributed by atoms with E-state index in [1.165, 1.54) is 49.7 Å². The summed E-state index contributed by atoms with van der Waals surface area (Å²) in [6.45, 7) is 6.50. The molecule has 4 aromatic carbocycles. The van der Waals surface area contributed by atoms with E-state index in [1.807, 2.05) is 6.07 Å². The third kappa shape index (κ3) is 2.63. The number of furan rings is 1. The first-order valence-corrected chi connectivity index (χ1v) is 9.71. The minimum atomic E-state index is 0.944. The van der Waals surface area contributed by atoms with Gasteiger partial charge in [-0.05, 0) is 84.0 Å². The second-order valence-corrected chi connectivity index (χ2v) is 7.61. The molecule has 0 radical (unpaired) electrons. The molecule has 5 rings (SSSR count). The Labute approximate surface area is 165 Å². The van der Waals surface area contributed by atoms with Crippen LogP contribution in [0.15, 0.2) is 83.3 Å². The van der Waals surface area contributed by atoms with Crippen LogP contribution in [0.2, 0.25) is 0 Å². The maximum absolute atomic E-state index is 6.05. The summed E-state index contributed by atoms with van der Waals surface area (Å²) < 4.78 is 6.05. The largest absolute Gasteiger partial charge is 0.456 e. The van der Waals surface area contributed by atoms with E-state index in [2.05, 4.69) is 93.6 Å². The molecule has 0 saturated carbocycles. The molecule has 0 atom stereocenters. The summed E-state index contributed by atoms with van der Waals surface area (Å²) in [5, 5.41) is 2.40. The van der Waals surface area contributed by atoms with Gasteiger partial charge in [0.05, 0.1) is 0 Å². The molecule has 1 aromatic heterocycles. The van der Waals surface area contributed by atoms with Crippen LogP contribution in [0.3, 0.4) is 0 Å². The molecular formula is C27H22O. The molecule has 0 aliphatic carbocycles. The number of hydrogen-bond acceptors (Lipinski definition) is 1. The van der Waals surface area contributed by atoms with Gasteiger partial charge in [0.2, 0.25) is 0 Å². The van der Waals surface area contributed by atoms with E-state index in [1.54, 1.807) is 0 Å². The fourth-order valence-electron chi connectivity index (χ4n) is 4.15. The molecule has 0 spiro atoms. The molecule has 0 aliphatic heterocycles. The summed E-state index contributed by atoms with van der Waals surface area (Å²) in [7, 11) is 0. The van der Waals surface area contributed by atoms with Crippen molar-refractivity contribution in [2.75, 3.05) is 0 Å². The Morgan fingerprint density at radius 2 is 1.25 bits per heavy atom. The number of fused-ring (bicyclic) bond motifs is 3. The van der Waals surface area contributed by atoms with Crippen LogP contribution in [-0.4, -0.2) is 0 Å². The predicted octanol–water partition coefficient (Wildman–Crippen LogP) is 7.85. The summed E-state index contributed by atoms with van der Waals surface area (Å²) >= 11 is 0. The molecule has 136 valence electrons. The first kappa shape index (κ1) is 16.8. The minimum absolute atomic E-state index is 0.944. The van der Waals surface area contributed by atoms with Crippen molar-refractivity contribution in [3.8, 4) is 22.3 Å². The summed E-state index contributed by atoms with van der Waals surface area (Å²) in [4.78, 5) is 0. The molecule has 0 bridgehead atoms. The van der Waals surface area contributed by atoms with Gasteiger partial charge in [0.25, 0.3) is 0 Å². The fraction of sp³-hybridized carbons (Fsp3) is 0.111. The predicted molar refractivity (Wildman–Crippen MR) is 119 cm³/mol. The Morgan fingerprint density at radius 3 is 2.11 bits per heavy atom. The fourth-order valence-corrected chi connectivity index (χ4v) is 4.15. The molecule has 1 heterocycles. The van der Waals surface area contributed by atoms with Crippen LogP contribution in [-0.2, 0) is 0 Å². The SMILES string of the molecule is Cc1ccccc1-c1cc(-c2ccc3oc4cccc(C)c4c3c2)ccc1C. The third-order valence-corrected chi connectivity index (χ3v) is 5.71. The Hall–Kier alpha value is -3.32. The number of hydrogen-bond donors (Lipinski definition) is 0. The van der Waals surface area contributed by atoms with Crippen LogP contribution >= 0.6 is 0 Å². The van der Waals surface area contributed by atoms with Crippen molar-refractivity contribution in [1.29, 1.82) is 0 Å². The molecule has 5 aromatic rings. The first-order valence-electron chi connectivity index (χ1n) is 9.71. The number of rotatable bonds is 2. The highest BCUT2D eigenvalue weighted by Crippen LogP contribution is 2.36. The Balaban J connectivity index is 1.71. The molecule has 0 fully saturated rings. The van der Waals surface area contributed by atoms with Crippen molar-refractivity contribution in [1.82, 2.24) is 0 Å². The van der Waals surface area contributed by atoms with Gasteiger partial charge < -0.3 is 4.42 Å². The van der Waals surface area contributed by atoms with Crippen LogP contribution in [0.25, 0.3) is 44.2 Å². The van der Waals surface area contributed by atoms with Gasteiger partial charge in [-0.25, -0.2) is 0 Å². The van der Waals surface area contributed by atoms with Gasteiger partial charge in [-0.1, -0.05) is 54.6 Å². The van der Waals surface area contributed by atoms with Gasteiger partial charge in [-0.2, -0.15) is 0 Å². The van der Waals surface area contributed by atoms with Crippen LogP contribution in [0.1, 0.15) is 16.7 Å². The lowest BCUT2D eigenvalue weighted by Gasteiger charge is -2.12. The highest BCUT2D eigenvalue weighted by Gasteiger charge is 2.12. The average Bonchev–Trinajstić information content (AvgIpc) is 3.08. The van der Waals surface area contributed by atoms with Crippen LogP contribution in [0, 0.1) is 20.8 Å². The van der Waals surface area contributed by atoms with Crippen LogP contribution in [0.5, 0.6) is 0 Å². The third-order valence-electron chi connectivity index (χ3n) is 5.71. The van der Waals surface area contributed by atoms with E-state index in [9.17, 15) is 0 Å². The lowest BCUT2D eigenvalue weighted by Crippen LogP contribution is -1.88. The van der Waals surface area contributed by atoms with Crippen molar-refractivity contribution >= 4 is 21.9 Å². The van der Waals surface area contributed by atoms with Gasteiger partial charge in [-0.3, -0.25) is 0 Å². The zero-order valence-corrected chi connectivity index (χ0v) is 16.4. The molecule has 0 N–H and O–H groups in total. The molecule has 28 heavy (non-hydrogen) atoms. The van der Waals surface area contributed by atoms with E-state index >= 15 is 0 Å². The lowest BCUT2D eigenvalue weighted by molar-refractivity contribution is 0.669. The second kappa shape index (κ2) is 6.38. The molecule has 0 unspecified atom stereocenters. The average molecular weight is 362 g/mol. The topological polar surface area (TPSA) is 13.1 Å². The standard InChI is InChI=1S/C27H22O/c1-17-7-4-5-9-22(17)23-15-20(12-11-18(23)2)21-13-14-25-24(16-21)27-19(3)8-6-10-26(27)28-25/h4-16H,1-3H3. The molecule has 1 heteroatoms. The molecular weight excluding hydrogens is 340 g/mol. The molecule has 0 aliphatic rings. The molecule has 1 nitrogen and oxygen atoms in total.